The van der Waals surface area contributed by atoms with Crippen molar-refractivity contribution < 1.29 is 14.7 Å². The highest BCUT2D eigenvalue weighted by Crippen LogP contribution is 2.53. The lowest BCUT2D eigenvalue weighted by Crippen LogP contribution is -2.70. The SMILES string of the molecule is COc1cccc2c1N=C[C@]1(O2)N([O])C(C)(C)CCC1(C)C. The monoisotopic (exact) mass is 303 g/mol. The van der Waals surface area contributed by atoms with E-state index in [1.165, 1.54) is 0 Å². The van der Waals surface area contributed by atoms with Crippen LogP contribution in [0, 0.1) is 5.41 Å². The number of benzene rings is 1. The minimum atomic E-state index is -1.09. The van der Waals surface area contributed by atoms with Gasteiger partial charge >= 0.3 is 0 Å². The normalized spacial score (nSPS) is 29.0. The molecule has 1 spiro atoms. The number of hydrogen-bond donors (Lipinski definition) is 0. The number of fused-ring (bicyclic) bond motifs is 1. The van der Waals surface area contributed by atoms with Gasteiger partial charge in [0.25, 0.3) is 0 Å². The number of rotatable bonds is 1. The van der Waals surface area contributed by atoms with E-state index in [1.807, 2.05) is 32.0 Å². The highest BCUT2D eigenvalue weighted by atomic mass is 16.6. The van der Waals surface area contributed by atoms with E-state index in [1.54, 1.807) is 13.3 Å². The third-order valence-corrected chi connectivity index (χ3v) is 5.00. The second kappa shape index (κ2) is 4.70. The fraction of sp³-hybridized carbons (Fsp3) is 0.588. The van der Waals surface area contributed by atoms with Gasteiger partial charge in [-0.25, -0.2) is 4.99 Å². The van der Waals surface area contributed by atoms with Crippen molar-refractivity contribution in [2.24, 2.45) is 10.4 Å². The van der Waals surface area contributed by atoms with Gasteiger partial charge in [0.1, 0.15) is 11.4 Å². The van der Waals surface area contributed by atoms with E-state index in [0.29, 0.717) is 17.2 Å². The molecule has 0 aliphatic carbocycles. The average Bonchev–Trinajstić information content (AvgIpc) is 2.49. The maximum atomic E-state index is 13.1. The summed E-state index contributed by atoms with van der Waals surface area (Å²) in [5.74, 6) is 1.24. The largest absolute Gasteiger partial charge is 0.494 e. The van der Waals surface area contributed by atoms with Gasteiger partial charge in [0, 0.05) is 11.0 Å². The Morgan fingerprint density at radius 3 is 2.64 bits per heavy atom. The number of aliphatic imine (C=N–C) groups is 1. The standard InChI is InChI=1S/C17H23N2O3/c1-15(2)9-10-16(3,4)19(20)17(15)11-18-14-12(21-5)7-6-8-13(14)22-17/h6-8,11H,9-10H2,1-5H3/t17-/m1/s1. The molecule has 5 nitrogen and oxygen atoms in total. The maximum absolute atomic E-state index is 13.1. The summed E-state index contributed by atoms with van der Waals surface area (Å²) in [6.07, 6.45) is 3.38. The first kappa shape index (κ1) is 15.3. The zero-order valence-electron chi connectivity index (χ0n) is 13.8. The van der Waals surface area contributed by atoms with Crippen molar-refractivity contribution in [3.63, 3.8) is 0 Å². The van der Waals surface area contributed by atoms with Crippen molar-refractivity contribution in [3.05, 3.63) is 18.2 Å². The molecule has 0 bridgehead atoms. The Bertz CT molecular complexity index is 624. The fourth-order valence-electron chi connectivity index (χ4n) is 3.25. The van der Waals surface area contributed by atoms with Crippen LogP contribution >= 0.6 is 0 Å². The molecule has 1 aromatic rings. The van der Waals surface area contributed by atoms with E-state index in [4.69, 9.17) is 9.47 Å². The minimum absolute atomic E-state index is 0.339. The van der Waals surface area contributed by atoms with Gasteiger partial charge in [0.2, 0.25) is 5.72 Å². The van der Waals surface area contributed by atoms with Crippen LogP contribution in [0.2, 0.25) is 0 Å². The lowest BCUT2D eigenvalue weighted by Gasteiger charge is -2.56. The first-order valence-corrected chi connectivity index (χ1v) is 7.62. The number of methoxy groups -OCH3 is 1. The molecule has 3 rings (SSSR count). The Morgan fingerprint density at radius 2 is 1.95 bits per heavy atom. The minimum Gasteiger partial charge on any atom is -0.494 e. The lowest BCUT2D eigenvalue weighted by molar-refractivity contribution is -0.351. The van der Waals surface area contributed by atoms with Crippen molar-refractivity contribution in [2.75, 3.05) is 7.11 Å². The summed E-state index contributed by atoms with van der Waals surface area (Å²) < 4.78 is 11.6. The van der Waals surface area contributed by atoms with Crippen molar-refractivity contribution in [2.45, 2.75) is 51.8 Å². The summed E-state index contributed by atoms with van der Waals surface area (Å²) in [5.41, 5.74) is -1.27. The Hall–Kier alpha value is -1.59. The molecule has 1 atom stereocenters. The van der Waals surface area contributed by atoms with Gasteiger partial charge in [0.15, 0.2) is 5.75 Å². The topological polar surface area (TPSA) is 54.0 Å². The van der Waals surface area contributed by atoms with Gasteiger partial charge in [-0.15, -0.1) is 10.3 Å². The van der Waals surface area contributed by atoms with E-state index < -0.39 is 11.3 Å². The molecule has 22 heavy (non-hydrogen) atoms. The number of piperidine rings is 1. The zero-order chi connectivity index (χ0) is 16.2. The summed E-state index contributed by atoms with van der Waals surface area (Å²) in [4.78, 5) is 4.54. The van der Waals surface area contributed by atoms with Gasteiger partial charge in [0.05, 0.1) is 13.3 Å². The molecule has 0 aromatic heterocycles. The molecule has 0 unspecified atom stereocenters. The highest BCUT2D eigenvalue weighted by Gasteiger charge is 2.60. The predicted octanol–water partition coefficient (Wildman–Crippen LogP) is 3.73. The molecule has 119 valence electrons. The predicted molar refractivity (Wildman–Crippen MR) is 84.1 cm³/mol. The van der Waals surface area contributed by atoms with Gasteiger partial charge in [-0.1, -0.05) is 19.9 Å². The molecule has 2 heterocycles. The van der Waals surface area contributed by atoms with Crippen LogP contribution in [0.3, 0.4) is 0 Å². The molecule has 0 amide bonds. The number of para-hydroxylation sites is 1. The van der Waals surface area contributed by atoms with Crippen LogP contribution in [0.5, 0.6) is 11.5 Å². The molecular weight excluding hydrogens is 280 g/mol. The van der Waals surface area contributed by atoms with Crippen molar-refractivity contribution in [1.29, 1.82) is 0 Å². The van der Waals surface area contributed by atoms with E-state index >= 15 is 0 Å². The summed E-state index contributed by atoms with van der Waals surface area (Å²) >= 11 is 0. The zero-order valence-corrected chi connectivity index (χ0v) is 13.8. The third kappa shape index (κ3) is 1.96. The molecule has 1 aromatic carbocycles. The number of hydroxylamine groups is 2. The maximum Gasteiger partial charge on any atom is 0.229 e. The Kier molecular flexibility index (Phi) is 3.27. The molecule has 0 saturated carbocycles. The Balaban J connectivity index is 2.12. The van der Waals surface area contributed by atoms with Crippen molar-refractivity contribution in [3.8, 4) is 11.5 Å². The molecular formula is C17H23N2O3. The van der Waals surface area contributed by atoms with Gasteiger partial charge in [-0.2, -0.15) is 0 Å². The second-order valence-electron chi connectivity index (χ2n) is 7.35. The summed E-state index contributed by atoms with van der Waals surface area (Å²) in [6.45, 7) is 8.03. The van der Waals surface area contributed by atoms with Crippen LogP contribution in [-0.2, 0) is 5.21 Å². The summed E-state index contributed by atoms with van der Waals surface area (Å²) in [7, 11) is 1.60. The van der Waals surface area contributed by atoms with E-state index in [-0.39, 0.29) is 5.41 Å². The third-order valence-electron chi connectivity index (χ3n) is 5.00. The van der Waals surface area contributed by atoms with Gasteiger partial charge in [-0.05, 0) is 38.8 Å². The number of nitrogens with zero attached hydrogens (tertiary/aromatic N) is 2. The molecule has 2 aliphatic rings. The summed E-state index contributed by atoms with van der Waals surface area (Å²) in [5, 5.41) is 14.2. The molecule has 2 aliphatic heterocycles. The van der Waals surface area contributed by atoms with Crippen LogP contribution in [0.15, 0.2) is 23.2 Å². The number of hydrogen-bond acceptors (Lipinski definition) is 4. The molecule has 1 saturated heterocycles. The van der Waals surface area contributed by atoms with Crippen molar-refractivity contribution in [1.82, 2.24) is 5.06 Å². The summed E-state index contributed by atoms with van der Waals surface area (Å²) in [6, 6.07) is 5.52. The Labute approximate surface area is 131 Å². The Morgan fingerprint density at radius 1 is 1.23 bits per heavy atom. The van der Waals surface area contributed by atoms with Crippen molar-refractivity contribution >= 4 is 11.9 Å². The molecule has 5 heteroatoms. The molecule has 1 radical (unpaired) electrons. The first-order valence-electron chi connectivity index (χ1n) is 7.62. The lowest BCUT2D eigenvalue weighted by atomic mass is 9.69. The van der Waals surface area contributed by atoms with Gasteiger partial charge in [-0.3, -0.25) is 0 Å². The van der Waals surface area contributed by atoms with Crippen LogP contribution in [-0.4, -0.2) is 29.7 Å². The number of ether oxygens (including phenoxy) is 2. The average molecular weight is 303 g/mol. The fourth-order valence-corrected chi connectivity index (χ4v) is 3.25. The molecule has 0 N–H and O–H groups in total. The van der Waals surface area contributed by atoms with E-state index in [9.17, 15) is 5.21 Å². The van der Waals surface area contributed by atoms with E-state index in [0.717, 1.165) is 17.9 Å². The van der Waals surface area contributed by atoms with Gasteiger partial charge < -0.3 is 9.47 Å². The first-order chi connectivity index (χ1) is 10.2. The second-order valence-corrected chi connectivity index (χ2v) is 7.35. The molecule has 1 fully saturated rings. The van der Waals surface area contributed by atoms with Crippen LogP contribution in [0.4, 0.5) is 5.69 Å². The smallest absolute Gasteiger partial charge is 0.229 e. The van der Waals surface area contributed by atoms with Crippen LogP contribution in [0.1, 0.15) is 40.5 Å². The van der Waals surface area contributed by atoms with Crippen LogP contribution < -0.4 is 9.47 Å². The highest BCUT2D eigenvalue weighted by molar-refractivity contribution is 5.80. The quantitative estimate of drug-likeness (QED) is 0.794. The van der Waals surface area contributed by atoms with Crippen LogP contribution in [0.25, 0.3) is 0 Å². The van der Waals surface area contributed by atoms with E-state index in [2.05, 4.69) is 18.8 Å².